The topological polar surface area (TPSA) is 52.1 Å². The van der Waals surface area contributed by atoms with Crippen LogP contribution < -0.4 is 10.6 Å². The maximum atomic E-state index is 5.69. The lowest BCUT2D eigenvalue weighted by Gasteiger charge is -2.45. The number of rotatable bonds is 6. The lowest BCUT2D eigenvalue weighted by Crippen LogP contribution is -2.59. The fraction of sp³-hybridized carbons (Fsp3) is 0.720. The number of likely N-dealkylation sites (tertiary alicyclic amines) is 2. The molecular formula is C25H42IN5O. The molecule has 0 aromatic heterocycles. The monoisotopic (exact) mass is 555 g/mol. The maximum absolute atomic E-state index is 5.69. The third-order valence-corrected chi connectivity index (χ3v) is 7.43. The summed E-state index contributed by atoms with van der Waals surface area (Å²) in [6.07, 6.45) is 7.23. The van der Waals surface area contributed by atoms with Gasteiger partial charge in [0, 0.05) is 58.0 Å². The summed E-state index contributed by atoms with van der Waals surface area (Å²) in [4.78, 5) is 9.84. The van der Waals surface area contributed by atoms with Crippen LogP contribution in [0, 0.1) is 6.92 Å². The molecule has 3 saturated heterocycles. The molecule has 3 fully saturated rings. The van der Waals surface area contributed by atoms with E-state index >= 15 is 0 Å². The zero-order valence-corrected chi connectivity index (χ0v) is 22.3. The second-order valence-electron chi connectivity index (χ2n) is 9.64. The lowest BCUT2D eigenvalue weighted by atomic mass is 9.88. The second-order valence-corrected chi connectivity index (χ2v) is 9.64. The molecule has 0 saturated carbocycles. The Labute approximate surface area is 211 Å². The molecule has 3 aliphatic heterocycles. The SMILES string of the molecule is CN=C(NCC1(N2CCCC2)CCOCC1)NC1CCN(Cc2cccc(C)c2)CC1.I. The zero-order valence-electron chi connectivity index (χ0n) is 19.9. The van der Waals surface area contributed by atoms with E-state index in [-0.39, 0.29) is 29.5 Å². The van der Waals surface area contributed by atoms with Gasteiger partial charge in [-0.25, -0.2) is 0 Å². The van der Waals surface area contributed by atoms with Crippen LogP contribution in [0.2, 0.25) is 0 Å². The number of piperidine rings is 1. The number of hydrogen-bond donors (Lipinski definition) is 2. The van der Waals surface area contributed by atoms with Crippen LogP contribution in [0.25, 0.3) is 0 Å². The summed E-state index contributed by atoms with van der Waals surface area (Å²) in [5, 5.41) is 7.40. The molecule has 180 valence electrons. The third kappa shape index (κ3) is 6.81. The zero-order chi connectivity index (χ0) is 21.5. The van der Waals surface area contributed by atoms with Crippen molar-refractivity contribution in [3.8, 4) is 0 Å². The standard InChI is InChI=1S/C25H41N5O.HI/c1-21-6-5-7-22(18-21)19-29-14-8-23(9-15-29)28-24(26-2)27-20-25(10-16-31-17-11-25)30-12-3-4-13-30;/h5-7,18,23H,3-4,8-17,19-20H2,1-2H3,(H2,26,27,28);1H. The highest BCUT2D eigenvalue weighted by Crippen LogP contribution is 2.30. The average molecular weight is 556 g/mol. The Balaban J connectivity index is 0.00000289. The van der Waals surface area contributed by atoms with Gasteiger partial charge in [0.1, 0.15) is 0 Å². The first-order valence-electron chi connectivity index (χ1n) is 12.2. The molecule has 32 heavy (non-hydrogen) atoms. The first-order chi connectivity index (χ1) is 15.2. The van der Waals surface area contributed by atoms with Gasteiger partial charge in [0.15, 0.2) is 5.96 Å². The van der Waals surface area contributed by atoms with Crippen LogP contribution >= 0.6 is 24.0 Å². The number of guanidine groups is 1. The van der Waals surface area contributed by atoms with Gasteiger partial charge >= 0.3 is 0 Å². The van der Waals surface area contributed by atoms with Crippen molar-refractivity contribution < 1.29 is 4.74 Å². The van der Waals surface area contributed by atoms with Gasteiger partial charge in [-0.1, -0.05) is 29.8 Å². The third-order valence-electron chi connectivity index (χ3n) is 7.43. The summed E-state index contributed by atoms with van der Waals surface area (Å²) in [6.45, 7) is 10.7. The number of hydrogen-bond acceptors (Lipinski definition) is 4. The summed E-state index contributed by atoms with van der Waals surface area (Å²) in [6, 6.07) is 9.39. The predicted octanol–water partition coefficient (Wildman–Crippen LogP) is 3.39. The molecule has 7 heteroatoms. The molecule has 3 aliphatic rings. The van der Waals surface area contributed by atoms with E-state index in [0.29, 0.717) is 6.04 Å². The second kappa shape index (κ2) is 12.5. The van der Waals surface area contributed by atoms with Gasteiger partial charge in [-0.05, 0) is 64.1 Å². The van der Waals surface area contributed by atoms with E-state index < -0.39 is 0 Å². The van der Waals surface area contributed by atoms with Crippen LogP contribution in [0.3, 0.4) is 0 Å². The largest absolute Gasteiger partial charge is 0.381 e. The lowest BCUT2D eigenvalue weighted by molar-refractivity contribution is -0.0164. The van der Waals surface area contributed by atoms with Crippen molar-refractivity contribution in [2.75, 3.05) is 53.0 Å². The molecular weight excluding hydrogens is 513 g/mol. The minimum atomic E-state index is 0. The molecule has 6 nitrogen and oxygen atoms in total. The van der Waals surface area contributed by atoms with Crippen molar-refractivity contribution in [1.82, 2.24) is 20.4 Å². The van der Waals surface area contributed by atoms with Crippen molar-refractivity contribution >= 4 is 29.9 Å². The van der Waals surface area contributed by atoms with Crippen molar-refractivity contribution in [3.05, 3.63) is 35.4 Å². The van der Waals surface area contributed by atoms with Gasteiger partial charge in [-0.3, -0.25) is 14.8 Å². The Morgan fingerprint density at radius 3 is 2.50 bits per heavy atom. The van der Waals surface area contributed by atoms with Gasteiger partial charge in [0.05, 0.1) is 0 Å². The Morgan fingerprint density at radius 2 is 1.84 bits per heavy atom. The van der Waals surface area contributed by atoms with Crippen LogP contribution in [-0.4, -0.2) is 80.3 Å². The fourth-order valence-electron chi connectivity index (χ4n) is 5.49. The van der Waals surface area contributed by atoms with Gasteiger partial charge in [0.25, 0.3) is 0 Å². The smallest absolute Gasteiger partial charge is 0.191 e. The minimum absolute atomic E-state index is 0. The maximum Gasteiger partial charge on any atom is 0.191 e. The Hall–Kier alpha value is -0.900. The van der Waals surface area contributed by atoms with E-state index in [1.165, 1.54) is 37.1 Å². The molecule has 4 rings (SSSR count). The molecule has 2 N–H and O–H groups in total. The van der Waals surface area contributed by atoms with E-state index in [1.54, 1.807) is 0 Å². The molecule has 1 aromatic rings. The van der Waals surface area contributed by atoms with Crippen molar-refractivity contribution in [2.24, 2.45) is 4.99 Å². The molecule has 0 unspecified atom stereocenters. The number of aryl methyl sites for hydroxylation is 1. The summed E-state index contributed by atoms with van der Waals surface area (Å²) in [7, 11) is 1.90. The Bertz CT molecular complexity index is 723. The normalized spacial score (nSPS) is 23.0. The Morgan fingerprint density at radius 1 is 1.12 bits per heavy atom. The van der Waals surface area contributed by atoms with Crippen LogP contribution in [0.5, 0.6) is 0 Å². The minimum Gasteiger partial charge on any atom is -0.381 e. The van der Waals surface area contributed by atoms with Gasteiger partial charge in [0.2, 0.25) is 0 Å². The van der Waals surface area contributed by atoms with Gasteiger partial charge in [-0.15, -0.1) is 24.0 Å². The van der Waals surface area contributed by atoms with Crippen LogP contribution in [-0.2, 0) is 11.3 Å². The molecule has 0 amide bonds. The van der Waals surface area contributed by atoms with Crippen LogP contribution in [0.15, 0.2) is 29.3 Å². The first kappa shape index (κ1) is 25.7. The summed E-state index contributed by atoms with van der Waals surface area (Å²) >= 11 is 0. The molecule has 0 aliphatic carbocycles. The number of nitrogens with zero attached hydrogens (tertiary/aromatic N) is 3. The quantitative estimate of drug-likeness (QED) is 0.320. The van der Waals surface area contributed by atoms with E-state index in [4.69, 9.17) is 4.74 Å². The summed E-state index contributed by atoms with van der Waals surface area (Å²) in [5.74, 6) is 0.960. The summed E-state index contributed by atoms with van der Waals surface area (Å²) < 4.78 is 5.69. The molecule has 0 spiro atoms. The van der Waals surface area contributed by atoms with E-state index in [0.717, 1.165) is 71.0 Å². The van der Waals surface area contributed by atoms with Crippen LogP contribution in [0.4, 0.5) is 0 Å². The van der Waals surface area contributed by atoms with E-state index in [1.807, 2.05) is 7.05 Å². The summed E-state index contributed by atoms with van der Waals surface area (Å²) in [5.41, 5.74) is 3.00. The molecule has 0 radical (unpaired) electrons. The van der Waals surface area contributed by atoms with Crippen molar-refractivity contribution in [2.45, 2.75) is 63.6 Å². The van der Waals surface area contributed by atoms with Gasteiger partial charge < -0.3 is 15.4 Å². The highest BCUT2D eigenvalue weighted by atomic mass is 127. The van der Waals surface area contributed by atoms with E-state index in [9.17, 15) is 0 Å². The average Bonchev–Trinajstić information content (AvgIpc) is 3.34. The highest BCUT2D eigenvalue weighted by molar-refractivity contribution is 14.0. The van der Waals surface area contributed by atoms with Crippen molar-refractivity contribution in [3.63, 3.8) is 0 Å². The number of halogens is 1. The number of ether oxygens (including phenoxy) is 1. The van der Waals surface area contributed by atoms with Gasteiger partial charge in [-0.2, -0.15) is 0 Å². The molecule has 0 bridgehead atoms. The molecule has 1 aromatic carbocycles. The van der Waals surface area contributed by atoms with Crippen LogP contribution in [0.1, 0.15) is 49.7 Å². The highest BCUT2D eigenvalue weighted by Gasteiger charge is 2.39. The molecule has 0 atom stereocenters. The predicted molar refractivity (Wildman–Crippen MR) is 143 cm³/mol. The number of nitrogens with one attached hydrogen (secondary N) is 2. The van der Waals surface area contributed by atoms with E-state index in [2.05, 4.69) is 56.6 Å². The fourth-order valence-corrected chi connectivity index (χ4v) is 5.49. The number of aliphatic imine (C=N–C) groups is 1. The Kier molecular flexibility index (Phi) is 10.1. The molecule has 3 heterocycles. The van der Waals surface area contributed by atoms with Crippen molar-refractivity contribution in [1.29, 1.82) is 0 Å². The first-order valence-corrected chi connectivity index (χ1v) is 12.2. The number of benzene rings is 1.